The highest BCUT2D eigenvalue weighted by Gasteiger charge is 2.24. The SMILES string of the molecule is CC(C)COc1cccc(CNC(=O)C2CNC2)c1. The van der Waals surface area contributed by atoms with Crippen molar-refractivity contribution in [1.82, 2.24) is 10.6 Å². The number of rotatable bonds is 6. The topological polar surface area (TPSA) is 50.4 Å². The summed E-state index contributed by atoms with van der Waals surface area (Å²) in [6, 6.07) is 7.90. The van der Waals surface area contributed by atoms with Crippen LogP contribution in [0.3, 0.4) is 0 Å². The molecule has 1 aliphatic rings. The lowest BCUT2D eigenvalue weighted by Crippen LogP contribution is -2.50. The summed E-state index contributed by atoms with van der Waals surface area (Å²) in [5, 5.41) is 6.05. The molecule has 104 valence electrons. The third kappa shape index (κ3) is 4.24. The van der Waals surface area contributed by atoms with Gasteiger partial charge in [-0.25, -0.2) is 0 Å². The zero-order valence-electron chi connectivity index (χ0n) is 11.6. The number of amides is 1. The summed E-state index contributed by atoms with van der Waals surface area (Å²) in [6.07, 6.45) is 0. The van der Waals surface area contributed by atoms with E-state index in [1.807, 2.05) is 24.3 Å². The maximum Gasteiger partial charge on any atom is 0.225 e. The third-order valence-corrected chi connectivity index (χ3v) is 3.10. The van der Waals surface area contributed by atoms with Crippen LogP contribution in [0.5, 0.6) is 5.75 Å². The first-order chi connectivity index (χ1) is 9.15. The number of carbonyl (C=O) groups excluding carboxylic acids is 1. The van der Waals surface area contributed by atoms with Gasteiger partial charge >= 0.3 is 0 Å². The summed E-state index contributed by atoms with van der Waals surface area (Å²) in [4.78, 5) is 11.7. The largest absolute Gasteiger partial charge is 0.493 e. The predicted molar refractivity (Wildman–Crippen MR) is 75.0 cm³/mol. The summed E-state index contributed by atoms with van der Waals surface area (Å²) in [5.41, 5.74) is 1.07. The third-order valence-electron chi connectivity index (χ3n) is 3.10. The first-order valence-electron chi connectivity index (χ1n) is 6.85. The van der Waals surface area contributed by atoms with E-state index in [0.29, 0.717) is 19.1 Å². The van der Waals surface area contributed by atoms with E-state index in [-0.39, 0.29) is 11.8 Å². The fourth-order valence-electron chi connectivity index (χ4n) is 1.82. The molecule has 0 atom stereocenters. The maximum absolute atomic E-state index is 11.7. The number of hydrogen-bond acceptors (Lipinski definition) is 3. The van der Waals surface area contributed by atoms with Gasteiger partial charge in [-0.05, 0) is 23.6 Å². The molecule has 2 rings (SSSR count). The van der Waals surface area contributed by atoms with Crippen molar-refractivity contribution in [2.24, 2.45) is 11.8 Å². The summed E-state index contributed by atoms with van der Waals surface area (Å²) in [7, 11) is 0. The zero-order chi connectivity index (χ0) is 13.7. The lowest BCUT2D eigenvalue weighted by Gasteiger charge is -2.25. The summed E-state index contributed by atoms with van der Waals surface area (Å²) in [5.74, 6) is 1.65. The minimum atomic E-state index is 0.132. The molecule has 4 heteroatoms. The Morgan fingerprint density at radius 1 is 1.47 bits per heavy atom. The fourth-order valence-corrected chi connectivity index (χ4v) is 1.82. The Hall–Kier alpha value is -1.55. The molecule has 0 aliphatic carbocycles. The number of carbonyl (C=O) groups is 1. The molecule has 2 N–H and O–H groups in total. The summed E-state index contributed by atoms with van der Waals surface area (Å²) >= 11 is 0. The molecule has 1 aromatic carbocycles. The lowest BCUT2D eigenvalue weighted by atomic mass is 10.0. The quantitative estimate of drug-likeness (QED) is 0.818. The first-order valence-corrected chi connectivity index (χ1v) is 6.85. The van der Waals surface area contributed by atoms with Gasteiger partial charge in [0.2, 0.25) is 5.91 Å². The Morgan fingerprint density at radius 2 is 2.26 bits per heavy atom. The Morgan fingerprint density at radius 3 is 2.89 bits per heavy atom. The maximum atomic E-state index is 11.7. The van der Waals surface area contributed by atoms with Gasteiger partial charge in [-0.2, -0.15) is 0 Å². The molecule has 0 radical (unpaired) electrons. The number of ether oxygens (including phenoxy) is 1. The second kappa shape index (κ2) is 6.57. The van der Waals surface area contributed by atoms with Gasteiger partial charge < -0.3 is 15.4 Å². The van der Waals surface area contributed by atoms with E-state index >= 15 is 0 Å². The molecule has 0 aromatic heterocycles. The van der Waals surface area contributed by atoms with Crippen LogP contribution in [-0.2, 0) is 11.3 Å². The van der Waals surface area contributed by atoms with Crippen LogP contribution < -0.4 is 15.4 Å². The van der Waals surface area contributed by atoms with Crippen LogP contribution >= 0.6 is 0 Å². The molecule has 1 amide bonds. The van der Waals surface area contributed by atoms with Crippen LogP contribution in [0.2, 0.25) is 0 Å². The van der Waals surface area contributed by atoms with Crippen LogP contribution in [0, 0.1) is 11.8 Å². The molecule has 0 saturated carbocycles. The average molecular weight is 262 g/mol. The van der Waals surface area contributed by atoms with E-state index in [2.05, 4.69) is 24.5 Å². The van der Waals surface area contributed by atoms with Crippen molar-refractivity contribution in [3.8, 4) is 5.75 Å². The van der Waals surface area contributed by atoms with Crippen LogP contribution in [0.4, 0.5) is 0 Å². The highest BCUT2D eigenvalue weighted by atomic mass is 16.5. The van der Waals surface area contributed by atoms with Gasteiger partial charge in [0.25, 0.3) is 0 Å². The van der Waals surface area contributed by atoms with E-state index in [4.69, 9.17) is 4.74 Å². The highest BCUT2D eigenvalue weighted by molar-refractivity contribution is 5.79. The molecular weight excluding hydrogens is 240 g/mol. The normalized spacial score (nSPS) is 15.1. The van der Waals surface area contributed by atoms with E-state index in [1.54, 1.807) is 0 Å². The predicted octanol–water partition coefficient (Wildman–Crippen LogP) is 1.56. The molecule has 1 heterocycles. The van der Waals surface area contributed by atoms with Gasteiger partial charge in [0.15, 0.2) is 0 Å². The molecule has 1 aromatic rings. The molecule has 0 bridgehead atoms. The highest BCUT2D eigenvalue weighted by Crippen LogP contribution is 2.14. The van der Waals surface area contributed by atoms with E-state index in [0.717, 1.165) is 24.4 Å². The molecule has 1 saturated heterocycles. The minimum absolute atomic E-state index is 0.132. The van der Waals surface area contributed by atoms with Crippen molar-refractivity contribution >= 4 is 5.91 Å². The number of nitrogens with one attached hydrogen (secondary N) is 2. The van der Waals surface area contributed by atoms with Crippen LogP contribution in [0.15, 0.2) is 24.3 Å². The molecular formula is C15H22N2O2. The fraction of sp³-hybridized carbons (Fsp3) is 0.533. The van der Waals surface area contributed by atoms with Gasteiger partial charge in [-0.1, -0.05) is 26.0 Å². The Kier molecular flexibility index (Phi) is 4.80. The molecule has 1 fully saturated rings. The molecule has 0 spiro atoms. The Balaban J connectivity index is 1.82. The van der Waals surface area contributed by atoms with Gasteiger partial charge in [-0.3, -0.25) is 4.79 Å². The monoisotopic (exact) mass is 262 g/mol. The summed E-state index contributed by atoms with van der Waals surface area (Å²) in [6.45, 7) is 7.11. The van der Waals surface area contributed by atoms with Crippen molar-refractivity contribution in [2.75, 3.05) is 19.7 Å². The van der Waals surface area contributed by atoms with Crippen molar-refractivity contribution in [2.45, 2.75) is 20.4 Å². The Bertz CT molecular complexity index is 428. The van der Waals surface area contributed by atoms with E-state index in [9.17, 15) is 4.79 Å². The van der Waals surface area contributed by atoms with Crippen LogP contribution in [0.25, 0.3) is 0 Å². The number of benzene rings is 1. The van der Waals surface area contributed by atoms with E-state index < -0.39 is 0 Å². The van der Waals surface area contributed by atoms with Crippen molar-refractivity contribution in [3.63, 3.8) is 0 Å². The molecule has 19 heavy (non-hydrogen) atoms. The average Bonchev–Trinajstić information content (AvgIpc) is 2.32. The van der Waals surface area contributed by atoms with Gasteiger partial charge in [0.1, 0.15) is 5.75 Å². The standard InChI is InChI=1S/C15H22N2O2/c1-11(2)10-19-14-5-3-4-12(6-14)7-17-15(18)13-8-16-9-13/h3-6,11,13,16H,7-10H2,1-2H3,(H,17,18). The smallest absolute Gasteiger partial charge is 0.225 e. The second-order valence-electron chi connectivity index (χ2n) is 5.43. The summed E-state index contributed by atoms with van der Waals surface area (Å²) < 4.78 is 5.67. The van der Waals surface area contributed by atoms with Gasteiger partial charge in [-0.15, -0.1) is 0 Å². The second-order valence-corrected chi connectivity index (χ2v) is 5.43. The number of hydrogen-bond donors (Lipinski definition) is 2. The lowest BCUT2D eigenvalue weighted by molar-refractivity contribution is -0.126. The van der Waals surface area contributed by atoms with Crippen LogP contribution in [0.1, 0.15) is 19.4 Å². The molecule has 1 aliphatic heterocycles. The zero-order valence-corrected chi connectivity index (χ0v) is 11.6. The molecule has 0 unspecified atom stereocenters. The van der Waals surface area contributed by atoms with E-state index in [1.165, 1.54) is 0 Å². The Labute approximate surface area is 114 Å². The minimum Gasteiger partial charge on any atom is -0.493 e. The first kappa shape index (κ1) is 13.9. The van der Waals surface area contributed by atoms with Crippen molar-refractivity contribution < 1.29 is 9.53 Å². The van der Waals surface area contributed by atoms with Gasteiger partial charge in [0.05, 0.1) is 12.5 Å². The van der Waals surface area contributed by atoms with Gasteiger partial charge in [0, 0.05) is 19.6 Å². The molecule has 4 nitrogen and oxygen atoms in total. The van der Waals surface area contributed by atoms with Crippen molar-refractivity contribution in [3.05, 3.63) is 29.8 Å². The van der Waals surface area contributed by atoms with Crippen LogP contribution in [-0.4, -0.2) is 25.6 Å². The van der Waals surface area contributed by atoms with Crippen molar-refractivity contribution in [1.29, 1.82) is 0 Å².